The van der Waals surface area contributed by atoms with Crippen molar-refractivity contribution in [1.29, 1.82) is 0 Å². The van der Waals surface area contributed by atoms with E-state index in [1.807, 2.05) is 0 Å². The molecule has 1 aliphatic heterocycles. The number of halogens is 1. The molecule has 4 nitrogen and oxygen atoms in total. The van der Waals surface area contributed by atoms with Crippen molar-refractivity contribution >= 4 is 18.3 Å². The van der Waals surface area contributed by atoms with Crippen LogP contribution in [0.15, 0.2) is 0 Å². The molecule has 4 unspecified atom stereocenters. The van der Waals surface area contributed by atoms with Crippen LogP contribution in [-0.2, 0) is 9.53 Å². The molecule has 142 valence electrons. The lowest BCUT2D eigenvalue weighted by atomic mass is 9.64. The van der Waals surface area contributed by atoms with Gasteiger partial charge in [-0.3, -0.25) is 4.79 Å². The third-order valence-corrected chi connectivity index (χ3v) is 5.98. The topological polar surface area (TPSA) is 50.4 Å². The molecule has 0 spiro atoms. The van der Waals surface area contributed by atoms with Crippen LogP contribution >= 0.6 is 12.4 Å². The Morgan fingerprint density at radius 1 is 1.42 bits per heavy atom. The first-order chi connectivity index (χ1) is 10.9. The highest BCUT2D eigenvalue weighted by molar-refractivity contribution is 5.85. The van der Waals surface area contributed by atoms with E-state index in [0.29, 0.717) is 24.4 Å². The molecule has 2 N–H and O–H groups in total. The van der Waals surface area contributed by atoms with Crippen molar-refractivity contribution in [2.24, 2.45) is 17.3 Å². The normalized spacial score (nSPS) is 29.9. The van der Waals surface area contributed by atoms with Gasteiger partial charge in [-0.1, -0.05) is 34.1 Å². The Kier molecular flexibility index (Phi) is 9.03. The summed E-state index contributed by atoms with van der Waals surface area (Å²) in [4.78, 5) is 12.4. The predicted molar refractivity (Wildman–Crippen MR) is 102 cm³/mol. The van der Waals surface area contributed by atoms with E-state index < -0.39 is 0 Å². The van der Waals surface area contributed by atoms with Crippen LogP contribution in [0.25, 0.3) is 0 Å². The van der Waals surface area contributed by atoms with E-state index in [4.69, 9.17) is 4.74 Å². The molecular weight excluding hydrogens is 324 g/mol. The van der Waals surface area contributed by atoms with Gasteiger partial charge in [-0.2, -0.15) is 0 Å². The summed E-state index contributed by atoms with van der Waals surface area (Å²) in [6.07, 6.45) is 6.69. The molecule has 0 aromatic carbocycles. The van der Waals surface area contributed by atoms with Gasteiger partial charge in [0.15, 0.2) is 0 Å². The summed E-state index contributed by atoms with van der Waals surface area (Å²) < 4.78 is 5.96. The monoisotopic (exact) mass is 360 g/mol. The van der Waals surface area contributed by atoms with Crippen molar-refractivity contribution < 1.29 is 9.53 Å². The standard InChI is InChI=1S/C19H36N2O2.ClH/c1-5-6-10-23-17-12-16(19(17,3)4)21-18(22)11-14(2)15-8-7-9-20-13-15;/h14-17,20H,5-13H2,1-4H3,(H,21,22);1H. The van der Waals surface area contributed by atoms with Gasteiger partial charge in [0, 0.05) is 24.5 Å². The quantitative estimate of drug-likeness (QED) is 0.651. The number of unbranched alkanes of at least 4 members (excludes halogenated alkanes) is 1. The molecule has 0 aromatic heterocycles. The third-order valence-electron chi connectivity index (χ3n) is 5.98. The smallest absolute Gasteiger partial charge is 0.220 e. The third kappa shape index (κ3) is 5.60. The molecule has 0 aromatic rings. The van der Waals surface area contributed by atoms with Crippen molar-refractivity contribution in [1.82, 2.24) is 10.6 Å². The van der Waals surface area contributed by atoms with Gasteiger partial charge < -0.3 is 15.4 Å². The van der Waals surface area contributed by atoms with E-state index in [0.717, 1.165) is 32.5 Å². The molecule has 2 aliphatic rings. The number of amides is 1. The van der Waals surface area contributed by atoms with Gasteiger partial charge in [0.1, 0.15) is 0 Å². The van der Waals surface area contributed by atoms with Crippen LogP contribution in [-0.4, -0.2) is 37.7 Å². The van der Waals surface area contributed by atoms with Crippen molar-refractivity contribution in [2.45, 2.75) is 78.4 Å². The molecule has 0 bridgehead atoms. The molecule has 4 atom stereocenters. The number of carbonyl (C=O) groups excluding carboxylic acids is 1. The lowest BCUT2D eigenvalue weighted by Crippen LogP contribution is -2.62. The lowest BCUT2D eigenvalue weighted by Gasteiger charge is -2.51. The number of hydrogen-bond acceptors (Lipinski definition) is 3. The van der Waals surface area contributed by atoms with Crippen LogP contribution < -0.4 is 10.6 Å². The largest absolute Gasteiger partial charge is 0.378 e. The number of rotatable bonds is 8. The predicted octanol–water partition coefficient (Wildman–Crippen LogP) is 3.53. The van der Waals surface area contributed by atoms with Gasteiger partial charge in [0.25, 0.3) is 0 Å². The lowest BCUT2D eigenvalue weighted by molar-refractivity contribution is -0.138. The molecule has 2 fully saturated rings. The SMILES string of the molecule is CCCCOC1CC(NC(=O)CC(C)C2CCCNC2)C1(C)C.Cl. The van der Waals surface area contributed by atoms with Crippen molar-refractivity contribution in [2.75, 3.05) is 19.7 Å². The summed E-state index contributed by atoms with van der Waals surface area (Å²) in [5, 5.41) is 6.70. The summed E-state index contributed by atoms with van der Waals surface area (Å²) in [5.74, 6) is 1.32. The van der Waals surface area contributed by atoms with E-state index in [1.54, 1.807) is 0 Å². The van der Waals surface area contributed by atoms with E-state index in [1.165, 1.54) is 19.3 Å². The summed E-state index contributed by atoms with van der Waals surface area (Å²) in [5.41, 5.74) is 0.0546. The fourth-order valence-electron chi connectivity index (χ4n) is 3.86. The van der Waals surface area contributed by atoms with Gasteiger partial charge >= 0.3 is 0 Å². The van der Waals surface area contributed by atoms with Crippen molar-refractivity contribution in [3.63, 3.8) is 0 Å². The molecule has 1 saturated carbocycles. The van der Waals surface area contributed by atoms with Crippen LogP contribution in [0.5, 0.6) is 0 Å². The zero-order chi connectivity index (χ0) is 16.9. The summed E-state index contributed by atoms with van der Waals surface area (Å²) in [6, 6.07) is 0.262. The van der Waals surface area contributed by atoms with Crippen LogP contribution in [0, 0.1) is 17.3 Å². The minimum atomic E-state index is 0. The van der Waals surface area contributed by atoms with Gasteiger partial charge in [-0.25, -0.2) is 0 Å². The fraction of sp³-hybridized carbons (Fsp3) is 0.947. The average molecular weight is 361 g/mol. The zero-order valence-corrected chi connectivity index (χ0v) is 16.7. The molecule has 1 aliphatic carbocycles. The summed E-state index contributed by atoms with van der Waals surface area (Å²) >= 11 is 0. The molecule has 2 rings (SSSR count). The number of nitrogens with one attached hydrogen (secondary N) is 2. The van der Waals surface area contributed by atoms with Crippen LogP contribution in [0.2, 0.25) is 0 Å². The highest BCUT2D eigenvalue weighted by atomic mass is 35.5. The van der Waals surface area contributed by atoms with Gasteiger partial charge in [-0.15, -0.1) is 12.4 Å². The molecule has 1 saturated heterocycles. The van der Waals surface area contributed by atoms with E-state index in [9.17, 15) is 4.79 Å². The Balaban J connectivity index is 0.00000288. The molecule has 24 heavy (non-hydrogen) atoms. The highest BCUT2D eigenvalue weighted by Crippen LogP contribution is 2.43. The van der Waals surface area contributed by atoms with Crippen LogP contribution in [0.4, 0.5) is 0 Å². The number of hydrogen-bond donors (Lipinski definition) is 2. The summed E-state index contributed by atoms with van der Waals surface area (Å²) in [7, 11) is 0. The van der Waals surface area contributed by atoms with Crippen LogP contribution in [0.3, 0.4) is 0 Å². The highest BCUT2D eigenvalue weighted by Gasteiger charge is 2.49. The molecular formula is C19H37ClN2O2. The average Bonchev–Trinajstić information content (AvgIpc) is 2.54. The maximum atomic E-state index is 12.4. The summed E-state index contributed by atoms with van der Waals surface area (Å²) in [6.45, 7) is 11.9. The first kappa shape index (κ1) is 21.7. The van der Waals surface area contributed by atoms with E-state index in [2.05, 4.69) is 38.3 Å². The van der Waals surface area contributed by atoms with Gasteiger partial charge in [0.2, 0.25) is 5.91 Å². The Hall–Kier alpha value is -0.320. The maximum absolute atomic E-state index is 12.4. The molecule has 1 amide bonds. The Bertz CT molecular complexity index is 384. The van der Waals surface area contributed by atoms with Crippen LogP contribution in [0.1, 0.15) is 66.2 Å². The van der Waals surface area contributed by atoms with Gasteiger partial charge in [0.05, 0.1) is 6.10 Å². The molecule has 5 heteroatoms. The van der Waals surface area contributed by atoms with Crippen molar-refractivity contribution in [3.05, 3.63) is 0 Å². The zero-order valence-electron chi connectivity index (χ0n) is 15.9. The van der Waals surface area contributed by atoms with E-state index in [-0.39, 0.29) is 29.8 Å². The molecule has 1 heterocycles. The van der Waals surface area contributed by atoms with Gasteiger partial charge in [-0.05, 0) is 50.6 Å². The number of carbonyl (C=O) groups is 1. The first-order valence-electron chi connectivity index (χ1n) is 9.56. The second-order valence-electron chi connectivity index (χ2n) is 8.18. The first-order valence-corrected chi connectivity index (χ1v) is 9.56. The minimum absolute atomic E-state index is 0. The maximum Gasteiger partial charge on any atom is 0.220 e. The second kappa shape index (κ2) is 9.98. The Morgan fingerprint density at radius 3 is 2.75 bits per heavy atom. The fourth-order valence-corrected chi connectivity index (χ4v) is 3.86. The second-order valence-corrected chi connectivity index (χ2v) is 8.18. The van der Waals surface area contributed by atoms with Crippen molar-refractivity contribution in [3.8, 4) is 0 Å². The Morgan fingerprint density at radius 2 is 2.17 bits per heavy atom. The number of ether oxygens (including phenoxy) is 1. The van der Waals surface area contributed by atoms with E-state index >= 15 is 0 Å². The number of piperidine rings is 1. The Labute approximate surface area is 154 Å². The molecule has 0 radical (unpaired) electrons. The minimum Gasteiger partial charge on any atom is -0.378 e.